The van der Waals surface area contributed by atoms with Gasteiger partial charge >= 0.3 is 5.97 Å². The SMILES string of the molecule is O=C(O)c1cc(S(=O)(=O)Nc2ccc(Br)cn2)ccc1I. The van der Waals surface area contributed by atoms with Gasteiger partial charge < -0.3 is 5.11 Å². The molecular weight excluding hydrogens is 475 g/mol. The average Bonchev–Trinajstić information content (AvgIpc) is 2.41. The second kappa shape index (κ2) is 6.28. The third-order valence-electron chi connectivity index (χ3n) is 2.44. The molecule has 0 aliphatic rings. The van der Waals surface area contributed by atoms with E-state index in [1.807, 2.05) is 22.6 Å². The Morgan fingerprint density at radius 2 is 2.00 bits per heavy atom. The maximum atomic E-state index is 12.2. The van der Waals surface area contributed by atoms with Gasteiger partial charge in [0.05, 0.1) is 10.5 Å². The van der Waals surface area contributed by atoms with Crippen molar-refractivity contribution in [1.82, 2.24) is 4.98 Å². The van der Waals surface area contributed by atoms with Crippen LogP contribution in [-0.2, 0) is 10.0 Å². The summed E-state index contributed by atoms with van der Waals surface area (Å²) in [5.74, 6) is -1.04. The second-order valence-electron chi connectivity index (χ2n) is 3.91. The minimum absolute atomic E-state index is 0.0674. The quantitative estimate of drug-likeness (QED) is 0.653. The van der Waals surface area contributed by atoms with Crippen molar-refractivity contribution in [3.63, 3.8) is 0 Å². The van der Waals surface area contributed by atoms with Crippen LogP contribution in [0.3, 0.4) is 0 Å². The normalized spacial score (nSPS) is 11.1. The first-order chi connectivity index (χ1) is 9.79. The highest BCUT2D eigenvalue weighted by Gasteiger charge is 2.18. The Balaban J connectivity index is 2.38. The number of sulfonamides is 1. The predicted molar refractivity (Wildman–Crippen MR) is 88.9 cm³/mol. The van der Waals surface area contributed by atoms with E-state index in [-0.39, 0.29) is 16.3 Å². The molecule has 0 unspecified atom stereocenters. The van der Waals surface area contributed by atoms with E-state index in [1.165, 1.54) is 24.4 Å². The minimum Gasteiger partial charge on any atom is -0.478 e. The zero-order chi connectivity index (χ0) is 15.6. The molecule has 0 bridgehead atoms. The van der Waals surface area contributed by atoms with Gasteiger partial charge in [0, 0.05) is 14.2 Å². The van der Waals surface area contributed by atoms with Crippen molar-refractivity contribution in [2.45, 2.75) is 4.90 Å². The molecule has 6 nitrogen and oxygen atoms in total. The smallest absolute Gasteiger partial charge is 0.336 e. The van der Waals surface area contributed by atoms with E-state index in [0.717, 1.165) is 6.07 Å². The van der Waals surface area contributed by atoms with Gasteiger partial charge in [-0.1, -0.05) is 0 Å². The maximum Gasteiger partial charge on any atom is 0.336 e. The topological polar surface area (TPSA) is 96.4 Å². The number of aromatic nitrogens is 1. The lowest BCUT2D eigenvalue weighted by Gasteiger charge is -2.08. The molecule has 1 aromatic heterocycles. The fraction of sp³-hybridized carbons (Fsp3) is 0. The van der Waals surface area contributed by atoms with Crippen molar-refractivity contribution in [2.75, 3.05) is 4.72 Å². The predicted octanol–water partition coefficient (Wildman–Crippen LogP) is 2.95. The molecule has 0 amide bonds. The van der Waals surface area contributed by atoms with Crippen LogP contribution in [0.5, 0.6) is 0 Å². The summed E-state index contributed by atoms with van der Waals surface area (Å²) in [6.07, 6.45) is 1.45. The number of halogens is 2. The number of hydrogen-bond acceptors (Lipinski definition) is 4. The summed E-state index contributed by atoms with van der Waals surface area (Å²) in [6, 6.07) is 7.03. The first kappa shape index (κ1) is 16.2. The molecule has 2 rings (SSSR count). The molecule has 0 aliphatic heterocycles. The number of nitrogens with one attached hydrogen (secondary N) is 1. The van der Waals surface area contributed by atoms with Gasteiger partial charge in [0.25, 0.3) is 10.0 Å². The fourth-order valence-corrected chi connectivity index (χ4v) is 3.30. The van der Waals surface area contributed by atoms with Crippen LogP contribution in [-0.4, -0.2) is 24.5 Å². The maximum absolute atomic E-state index is 12.2. The van der Waals surface area contributed by atoms with E-state index < -0.39 is 16.0 Å². The second-order valence-corrected chi connectivity index (χ2v) is 7.67. The standard InChI is InChI=1S/C12H8BrIN2O4S/c13-7-1-4-11(15-6-7)16-21(19,20)8-2-3-10(14)9(5-8)12(17)18/h1-6H,(H,15,16)(H,17,18). The molecule has 2 N–H and O–H groups in total. The van der Waals surface area contributed by atoms with Gasteiger partial charge in [-0.05, 0) is 68.9 Å². The molecule has 0 fully saturated rings. The van der Waals surface area contributed by atoms with Gasteiger partial charge in [-0.25, -0.2) is 18.2 Å². The van der Waals surface area contributed by atoms with E-state index in [0.29, 0.717) is 8.04 Å². The van der Waals surface area contributed by atoms with Crippen LogP contribution >= 0.6 is 38.5 Å². The minimum atomic E-state index is -3.89. The summed E-state index contributed by atoms with van der Waals surface area (Å²) in [4.78, 5) is 14.8. The number of aromatic carboxylic acids is 1. The van der Waals surface area contributed by atoms with Crippen molar-refractivity contribution >= 4 is 60.3 Å². The Labute approximate surface area is 142 Å². The van der Waals surface area contributed by atoms with Gasteiger partial charge in [-0.2, -0.15) is 0 Å². The number of anilines is 1. The highest BCUT2D eigenvalue weighted by molar-refractivity contribution is 14.1. The third-order valence-corrected chi connectivity index (χ3v) is 5.21. The van der Waals surface area contributed by atoms with E-state index in [9.17, 15) is 13.2 Å². The van der Waals surface area contributed by atoms with Crippen LogP contribution in [0.1, 0.15) is 10.4 Å². The number of benzene rings is 1. The van der Waals surface area contributed by atoms with Gasteiger partial charge in [0.15, 0.2) is 0 Å². The number of hydrogen-bond donors (Lipinski definition) is 2. The molecule has 0 atom stereocenters. The van der Waals surface area contributed by atoms with Gasteiger partial charge in [0.2, 0.25) is 0 Å². The highest BCUT2D eigenvalue weighted by Crippen LogP contribution is 2.20. The molecule has 110 valence electrons. The zero-order valence-corrected chi connectivity index (χ0v) is 14.8. The summed E-state index contributed by atoms with van der Waals surface area (Å²) in [5, 5.41) is 9.04. The molecule has 9 heteroatoms. The van der Waals surface area contributed by atoms with Crippen LogP contribution in [0, 0.1) is 3.57 Å². The van der Waals surface area contributed by atoms with Crippen LogP contribution < -0.4 is 4.72 Å². The molecule has 0 spiro atoms. The lowest BCUT2D eigenvalue weighted by Crippen LogP contribution is -2.15. The van der Waals surface area contributed by atoms with Crippen LogP contribution in [0.2, 0.25) is 0 Å². The lowest BCUT2D eigenvalue weighted by molar-refractivity contribution is 0.0695. The number of pyridine rings is 1. The third kappa shape index (κ3) is 3.92. The van der Waals surface area contributed by atoms with Gasteiger partial charge in [-0.3, -0.25) is 4.72 Å². The van der Waals surface area contributed by atoms with Crippen LogP contribution in [0.15, 0.2) is 45.9 Å². The van der Waals surface area contributed by atoms with Crippen molar-refractivity contribution < 1.29 is 18.3 Å². The summed E-state index contributed by atoms with van der Waals surface area (Å²) >= 11 is 5.03. The summed E-state index contributed by atoms with van der Waals surface area (Å²) in [7, 11) is -3.89. The van der Waals surface area contributed by atoms with E-state index in [1.54, 1.807) is 6.07 Å². The molecule has 21 heavy (non-hydrogen) atoms. The van der Waals surface area contributed by atoms with Crippen molar-refractivity contribution in [3.8, 4) is 0 Å². The molecule has 1 aromatic carbocycles. The van der Waals surface area contributed by atoms with E-state index in [4.69, 9.17) is 5.11 Å². The first-order valence-corrected chi connectivity index (χ1v) is 8.82. The van der Waals surface area contributed by atoms with Crippen LogP contribution in [0.4, 0.5) is 5.82 Å². The van der Waals surface area contributed by atoms with E-state index in [2.05, 4.69) is 25.6 Å². The Morgan fingerprint density at radius 1 is 1.29 bits per heavy atom. The number of rotatable bonds is 4. The molecule has 2 aromatic rings. The fourth-order valence-electron chi connectivity index (χ4n) is 1.47. The first-order valence-electron chi connectivity index (χ1n) is 5.47. The Kier molecular flexibility index (Phi) is 4.84. The summed E-state index contributed by atoms with van der Waals surface area (Å²) < 4.78 is 27.9. The molecule has 1 heterocycles. The molecule has 0 aliphatic carbocycles. The van der Waals surface area contributed by atoms with Gasteiger partial charge in [-0.15, -0.1) is 0 Å². The van der Waals surface area contributed by atoms with Crippen LogP contribution in [0.25, 0.3) is 0 Å². The van der Waals surface area contributed by atoms with Crippen molar-refractivity contribution in [3.05, 3.63) is 50.1 Å². The number of carbonyl (C=O) groups is 1. The zero-order valence-electron chi connectivity index (χ0n) is 10.2. The largest absolute Gasteiger partial charge is 0.478 e. The molecule has 0 saturated heterocycles. The summed E-state index contributed by atoms with van der Waals surface area (Å²) in [6.45, 7) is 0. The average molecular weight is 483 g/mol. The molecular formula is C12H8BrIN2O4S. The molecule has 0 radical (unpaired) electrons. The lowest BCUT2D eigenvalue weighted by atomic mass is 10.2. The molecule has 0 saturated carbocycles. The van der Waals surface area contributed by atoms with Crippen molar-refractivity contribution in [1.29, 1.82) is 0 Å². The Hall–Kier alpha value is -1.20. The Bertz CT molecular complexity index is 793. The van der Waals surface area contributed by atoms with E-state index >= 15 is 0 Å². The summed E-state index contributed by atoms with van der Waals surface area (Å²) in [5.41, 5.74) is -0.0674. The highest BCUT2D eigenvalue weighted by atomic mass is 127. The number of nitrogens with zero attached hydrogens (tertiary/aromatic N) is 1. The Morgan fingerprint density at radius 3 is 2.57 bits per heavy atom. The monoisotopic (exact) mass is 482 g/mol. The number of carboxylic acids is 1. The van der Waals surface area contributed by atoms with Crippen molar-refractivity contribution in [2.24, 2.45) is 0 Å². The number of carboxylic acid groups (broad SMARTS) is 1. The van der Waals surface area contributed by atoms with Gasteiger partial charge in [0.1, 0.15) is 5.82 Å².